The highest BCUT2D eigenvalue weighted by Gasteiger charge is 2.19. The SMILES string of the molecule is Cc1cc(C#N)ccc1CNC(C)C1CCCCC1. The summed E-state index contributed by atoms with van der Waals surface area (Å²) in [5.41, 5.74) is 3.27. The van der Waals surface area contributed by atoms with Crippen molar-refractivity contribution >= 4 is 0 Å². The summed E-state index contributed by atoms with van der Waals surface area (Å²) in [5.74, 6) is 0.840. The summed E-state index contributed by atoms with van der Waals surface area (Å²) in [6.45, 7) is 5.31. The molecule has 1 unspecified atom stereocenters. The van der Waals surface area contributed by atoms with Gasteiger partial charge in [0.05, 0.1) is 11.6 Å². The molecule has 102 valence electrons. The van der Waals surface area contributed by atoms with Crippen LogP contribution in [0.3, 0.4) is 0 Å². The molecule has 0 amide bonds. The van der Waals surface area contributed by atoms with E-state index in [9.17, 15) is 0 Å². The minimum atomic E-state index is 0.593. The molecule has 0 saturated heterocycles. The van der Waals surface area contributed by atoms with Crippen molar-refractivity contribution in [1.29, 1.82) is 5.26 Å². The van der Waals surface area contributed by atoms with Crippen molar-refractivity contribution in [3.8, 4) is 6.07 Å². The fraction of sp³-hybridized carbons (Fsp3) is 0.588. The average molecular weight is 256 g/mol. The van der Waals surface area contributed by atoms with Crippen LogP contribution in [0.1, 0.15) is 55.7 Å². The Morgan fingerprint density at radius 3 is 2.68 bits per heavy atom. The monoisotopic (exact) mass is 256 g/mol. The molecule has 1 fully saturated rings. The first-order valence-corrected chi connectivity index (χ1v) is 7.43. The van der Waals surface area contributed by atoms with Crippen LogP contribution in [-0.2, 0) is 6.54 Å². The normalized spacial score (nSPS) is 17.9. The Balaban J connectivity index is 1.89. The number of aryl methyl sites for hydroxylation is 1. The van der Waals surface area contributed by atoms with Crippen LogP contribution < -0.4 is 5.32 Å². The van der Waals surface area contributed by atoms with Crippen molar-refractivity contribution in [3.05, 3.63) is 34.9 Å². The minimum absolute atomic E-state index is 0.593. The van der Waals surface area contributed by atoms with E-state index in [4.69, 9.17) is 5.26 Å². The van der Waals surface area contributed by atoms with Gasteiger partial charge in [0.15, 0.2) is 0 Å². The van der Waals surface area contributed by atoms with E-state index in [1.165, 1.54) is 43.2 Å². The molecule has 1 aromatic carbocycles. The van der Waals surface area contributed by atoms with Gasteiger partial charge in [-0.25, -0.2) is 0 Å². The first kappa shape index (κ1) is 14.1. The van der Waals surface area contributed by atoms with Gasteiger partial charge in [-0.1, -0.05) is 25.3 Å². The molecule has 0 aliphatic heterocycles. The molecule has 0 aromatic heterocycles. The number of benzene rings is 1. The topological polar surface area (TPSA) is 35.8 Å². The average Bonchev–Trinajstić information content (AvgIpc) is 2.46. The zero-order valence-electron chi connectivity index (χ0n) is 12.1. The van der Waals surface area contributed by atoms with Gasteiger partial charge in [0.2, 0.25) is 0 Å². The molecule has 0 radical (unpaired) electrons. The zero-order valence-corrected chi connectivity index (χ0v) is 12.1. The van der Waals surface area contributed by atoms with Crippen molar-refractivity contribution in [2.75, 3.05) is 0 Å². The Hall–Kier alpha value is -1.33. The van der Waals surface area contributed by atoms with E-state index < -0.39 is 0 Å². The fourth-order valence-corrected chi connectivity index (χ4v) is 3.04. The highest BCUT2D eigenvalue weighted by atomic mass is 14.9. The summed E-state index contributed by atoms with van der Waals surface area (Å²) in [6.07, 6.45) is 6.96. The summed E-state index contributed by atoms with van der Waals surface area (Å²) in [4.78, 5) is 0. The lowest BCUT2D eigenvalue weighted by Crippen LogP contribution is -2.34. The van der Waals surface area contributed by atoms with Crippen molar-refractivity contribution in [3.63, 3.8) is 0 Å². The fourth-order valence-electron chi connectivity index (χ4n) is 3.04. The van der Waals surface area contributed by atoms with Gasteiger partial charge in [-0.3, -0.25) is 0 Å². The van der Waals surface area contributed by atoms with E-state index in [0.717, 1.165) is 18.0 Å². The predicted molar refractivity (Wildman–Crippen MR) is 78.8 cm³/mol. The third-order valence-electron chi connectivity index (χ3n) is 4.44. The second kappa shape index (κ2) is 6.73. The van der Waals surface area contributed by atoms with E-state index >= 15 is 0 Å². The summed E-state index contributed by atoms with van der Waals surface area (Å²) in [7, 11) is 0. The van der Waals surface area contributed by atoms with Gasteiger partial charge in [-0.2, -0.15) is 5.26 Å². The Bertz CT molecular complexity index is 453. The van der Waals surface area contributed by atoms with Crippen molar-refractivity contribution < 1.29 is 0 Å². The lowest BCUT2D eigenvalue weighted by atomic mass is 9.84. The molecule has 0 bridgehead atoms. The van der Waals surface area contributed by atoms with Gasteiger partial charge in [0, 0.05) is 12.6 Å². The standard InChI is InChI=1S/C17H24N2/c1-13-10-15(11-18)8-9-17(13)12-19-14(2)16-6-4-3-5-7-16/h8-10,14,16,19H,3-7,12H2,1-2H3. The lowest BCUT2D eigenvalue weighted by molar-refractivity contribution is 0.280. The molecule has 2 rings (SSSR count). The Morgan fingerprint density at radius 2 is 2.05 bits per heavy atom. The highest BCUT2D eigenvalue weighted by molar-refractivity contribution is 5.37. The van der Waals surface area contributed by atoms with Crippen LogP contribution in [0.4, 0.5) is 0 Å². The number of nitrogens with one attached hydrogen (secondary N) is 1. The Morgan fingerprint density at radius 1 is 1.32 bits per heavy atom. The third kappa shape index (κ3) is 3.81. The maximum atomic E-state index is 8.88. The van der Waals surface area contributed by atoms with E-state index in [1.54, 1.807) is 0 Å². The van der Waals surface area contributed by atoms with E-state index in [-0.39, 0.29) is 0 Å². The van der Waals surface area contributed by atoms with E-state index in [1.807, 2.05) is 12.1 Å². The first-order valence-electron chi connectivity index (χ1n) is 7.43. The molecule has 1 aliphatic rings. The lowest BCUT2D eigenvalue weighted by Gasteiger charge is -2.28. The smallest absolute Gasteiger partial charge is 0.0991 e. The molecule has 1 atom stereocenters. The maximum absolute atomic E-state index is 8.88. The van der Waals surface area contributed by atoms with Crippen molar-refractivity contribution in [2.45, 2.75) is 58.5 Å². The number of hydrogen-bond donors (Lipinski definition) is 1. The van der Waals surface area contributed by atoms with E-state index in [2.05, 4.69) is 31.3 Å². The van der Waals surface area contributed by atoms with Crippen LogP contribution in [0.15, 0.2) is 18.2 Å². The number of nitrogens with zero attached hydrogens (tertiary/aromatic N) is 1. The highest BCUT2D eigenvalue weighted by Crippen LogP contribution is 2.26. The quantitative estimate of drug-likeness (QED) is 0.886. The Kier molecular flexibility index (Phi) is 4.99. The first-order chi connectivity index (χ1) is 9.20. The van der Waals surface area contributed by atoms with E-state index in [0.29, 0.717) is 6.04 Å². The number of rotatable bonds is 4. The molecule has 1 aliphatic carbocycles. The van der Waals surface area contributed by atoms with Crippen molar-refractivity contribution in [1.82, 2.24) is 5.32 Å². The predicted octanol–water partition coefficient (Wildman–Crippen LogP) is 3.93. The Labute approximate surface area is 116 Å². The maximum Gasteiger partial charge on any atom is 0.0991 e. The van der Waals surface area contributed by atoms with Gasteiger partial charge >= 0.3 is 0 Å². The molecule has 19 heavy (non-hydrogen) atoms. The van der Waals surface area contributed by atoms with Crippen LogP contribution in [0.5, 0.6) is 0 Å². The second-order valence-electron chi connectivity index (χ2n) is 5.82. The van der Waals surface area contributed by atoms with Gasteiger partial charge in [-0.05, 0) is 55.9 Å². The molecule has 1 aromatic rings. The molecule has 2 heteroatoms. The van der Waals surface area contributed by atoms with Crippen LogP contribution in [0.2, 0.25) is 0 Å². The van der Waals surface area contributed by atoms with Crippen LogP contribution in [0.25, 0.3) is 0 Å². The number of hydrogen-bond acceptors (Lipinski definition) is 2. The summed E-state index contributed by atoms with van der Waals surface area (Å²) < 4.78 is 0. The van der Waals surface area contributed by atoms with Crippen molar-refractivity contribution in [2.24, 2.45) is 5.92 Å². The number of nitriles is 1. The summed E-state index contributed by atoms with van der Waals surface area (Å²) in [5, 5.41) is 12.5. The summed E-state index contributed by atoms with van der Waals surface area (Å²) >= 11 is 0. The third-order valence-corrected chi connectivity index (χ3v) is 4.44. The van der Waals surface area contributed by atoms with Gasteiger partial charge in [0.25, 0.3) is 0 Å². The molecule has 0 spiro atoms. The molecule has 0 heterocycles. The molecule has 2 nitrogen and oxygen atoms in total. The second-order valence-corrected chi connectivity index (χ2v) is 5.82. The molecular formula is C17H24N2. The van der Waals surface area contributed by atoms with Gasteiger partial charge in [0.1, 0.15) is 0 Å². The largest absolute Gasteiger partial charge is 0.310 e. The molecule has 1 N–H and O–H groups in total. The zero-order chi connectivity index (χ0) is 13.7. The van der Waals surface area contributed by atoms with Gasteiger partial charge < -0.3 is 5.32 Å². The minimum Gasteiger partial charge on any atom is -0.310 e. The van der Waals surface area contributed by atoms with Gasteiger partial charge in [-0.15, -0.1) is 0 Å². The van der Waals surface area contributed by atoms with Crippen LogP contribution in [-0.4, -0.2) is 6.04 Å². The van der Waals surface area contributed by atoms with Crippen LogP contribution in [0, 0.1) is 24.2 Å². The molecule has 1 saturated carbocycles. The van der Waals surface area contributed by atoms with Crippen LogP contribution >= 0.6 is 0 Å². The summed E-state index contributed by atoms with van der Waals surface area (Å²) in [6, 6.07) is 8.75. The molecular weight excluding hydrogens is 232 g/mol.